The number of nitrogens with zero attached hydrogens (tertiary/aromatic N) is 3. The summed E-state index contributed by atoms with van der Waals surface area (Å²) in [5, 5.41) is 9.91. The summed E-state index contributed by atoms with van der Waals surface area (Å²) in [6.07, 6.45) is -0.0586. The van der Waals surface area contributed by atoms with Gasteiger partial charge in [0.2, 0.25) is 11.9 Å². The molecule has 0 fully saturated rings. The van der Waals surface area contributed by atoms with Gasteiger partial charge in [-0.1, -0.05) is 42.5 Å². The average Bonchev–Trinajstić information content (AvgIpc) is 3.23. The zero-order chi connectivity index (χ0) is 19.5. The van der Waals surface area contributed by atoms with Crippen LogP contribution in [0.3, 0.4) is 0 Å². The third-order valence-electron chi connectivity index (χ3n) is 4.34. The first-order valence-corrected chi connectivity index (χ1v) is 9.00. The van der Waals surface area contributed by atoms with Crippen LogP contribution in [0.15, 0.2) is 54.6 Å². The number of benzene rings is 2. The fourth-order valence-corrected chi connectivity index (χ4v) is 3.05. The molecule has 0 saturated carbocycles. The number of nitrogens with one attached hydrogen (secondary N) is 2. The van der Waals surface area contributed by atoms with Gasteiger partial charge >= 0.3 is 0 Å². The molecule has 142 valence electrons. The second kappa shape index (κ2) is 7.51. The lowest BCUT2D eigenvalue weighted by Gasteiger charge is -2.13. The number of para-hydroxylation sites is 2. The summed E-state index contributed by atoms with van der Waals surface area (Å²) in [7, 11) is 0. The third kappa shape index (κ3) is 3.44. The molecule has 0 aliphatic carbocycles. The number of hydrogen-bond donors (Lipinski definition) is 2. The molecular formula is C20H19N5O3. The van der Waals surface area contributed by atoms with Gasteiger partial charge in [0.25, 0.3) is 5.91 Å². The highest BCUT2D eigenvalue weighted by Crippen LogP contribution is 2.29. The third-order valence-corrected chi connectivity index (χ3v) is 4.34. The molecule has 1 aliphatic heterocycles. The van der Waals surface area contributed by atoms with Crippen molar-refractivity contribution >= 4 is 23.5 Å². The molecule has 28 heavy (non-hydrogen) atoms. The van der Waals surface area contributed by atoms with E-state index in [4.69, 9.17) is 4.74 Å². The lowest BCUT2D eigenvalue weighted by molar-refractivity contribution is -0.123. The first kappa shape index (κ1) is 17.7. The van der Waals surface area contributed by atoms with Gasteiger partial charge in [-0.15, -0.1) is 5.10 Å². The van der Waals surface area contributed by atoms with E-state index in [9.17, 15) is 9.59 Å². The average molecular weight is 377 g/mol. The summed E-state index contributed by atoms with van der Waals surface area (Å²) < 4.78 is 6.99. The number of hydrogen-bond acceptors (Lipinski definition) is 5. The summed E-state index contributed by atoms with van der Waals surface area (Å²) in [6, 6.07) is 15.9. The van der Waals surface area contributed by atoms with E-state index in [1.807, 2.05) is 49.4 Å². The van der Waals surface area contributed by atoms with Crippen molar-refractivity contribution in [3.63, 3.8) is 0 Å². The van der Waals surface area contributed by atoms with Crippen molar-refractivity contribution in [3.05, 3.63) is 54.6 Å². The van der Waals surface area contributed by atoms with Crippen LogP contribution in [-0.4, -0.2) is 33.2 Å². The molecule has 3 aromatic rings. The Morgan fingerprint density at radius 3 is 2.71 bits per heavy atom. The quantitative estimate of drug-likeness (QED) is 0.688. The Labute approximate surface area is 161 Å². The maximum atomic E-state index is 12.5. The Morgan fingerprint density at radius 2 is 1.93 bits per heavy atom. The second-order valence-corrected chi connectivity index (χ2v) is 6.26. The highest BCUT2D eigenvalue weighted by atomic mass is 16.5. The molecule has 0 bridgehead atoms. The highest BCUT2D eigenvalue weighted by Gasteiger charge is 2.35. The van der Waals surface area contributed by atoms with Crippen LogP contribution >= 0.6 is 0 Å². The minimum absolute atomic E-state index is 0.0586. The van der Waals surface area contributed by atoms with Crippen LogP contribution < -0.4 is 15.4 Å². The van der Waals surface area contributed by atoms with Gasteiger partial charge in [0.15, 0.2) is 5.82 Å². The second-order valence-electron chi connectivity index (χ2n) is 6.26. The van der Waals surface area contributed by atoms with Crippen molar-refractivity contribution in [2.45, 2.75) is 19.4 Å². The van der Waals surface area contributed by atoms with Crippen LogP contribution in [0.2, 0.25) is 0 Å². The van der Waals surface area contributed by atoms with Crippen LogP contribution in [-0.2, 0) is 9.59 Å². The predicted molar refractivity (Wildman–Crippen MR) is 104 cm³/mol. The first-order valence-electron chi connectivity index (χ1n) is 9.00. The van der Waals surface area contributed by atoms with E-state index in [0.717, 1.165) is 5.56 Å². The van der Waals surface area contributed by atoms with E-state index in [2.05, 4.69) is 20.7 Å². The van der Waals surface area contributed by atoms with E-state index >= 15 is 0 Å². The normalized spacial score (nSPS) is 15.0. The number of anilines is 2. The Morgan fingerprint density at radius 1 is 1.18 bits per heavy atom. The molecule has 0 radical (unpaired) electrons. The summed E-state index contributed by atoms with van der Waals surface area (Å²) in [6.45, 7) is 2.36. The van der Waals surface area contributed by atoms with Crippen LogP contribution in [0.4, 0.5) is 11.6 Å². The van der Waals surface area contributed by atoms with E-state index in [1.165, 1.54) is 4.68 Å². The fourth-order valence-electron chi connectivity index (χ4n) is 3.05. The van der Waals surface area contributed by atoms with Gasteiger partial charge in [0.05, 0.1) is 18.7 Å². The van der Waals surface area contributed by atoms with Gasteiger partial charge in [-0.2, -0.15) is 4.98 Å². The largest absolute Gasteiger partial charge is 0.492 e. The van der Waals surface area contributed by atoms with Crippen LogP contribution in [0.5, 0.6) is 5.75 Å². The molecule has 2 N–H and O–H groups in total. The summed E-state index contributed by atoms with van der Waals surface area (Å²) in [4.78, 5) is 29.2. The predicted octanol–water partition coefficient (Wildman–Crippen LogP) is 2.87. The number of fused-ring (bicyclic) bond motifs is 1. The van der Waals surface area contributed by atoms with Crippen molar-refractivity contribution < 1.29 is 14.3 Å². The molecule has 1 aliphatic rings. The summed E-state index contributed by atoms with van der Waals surface area (Å²) in [5.41, 5.74) is 1.41. The molecular weight excluding hydrogens is 358 g/mol. The molecule has 2 amide bonds. The fraction of sp³-hybridized carbons (Fsp3) is 0.200. The van der Waals surface area contributed by atoms with E-state index in [-0.39, 0.29) is 18.2 Å². The minimum atomic E-state index is -0.751. The Bertz CT molecular complexity index is 1020. The SMILES string of the molecule is CCOc1ccccc1NC(=O)C[C@@H]1C(=O)Nc2nc(-c3ccccc3)nn21. The van der Waals surface area contributed by atoms with Crippen molar-refractivity contribution in [1.29, 1.82) is 0 Å². The number of carbonyl (C=O) groups excluding carboxylic acids is 2. The van der Waals surface area contributed by atoms with Gasteiger partial charge < -0.3 is 10.1 Å². The van der Waals surface area contributed by atoms with Crippen molar-refractivity contribution in [2.75, 3.05) is 17.2 Å². The standard InChI is InChI=1S/C20H19N5O3/c1-2-28-16-11-7-6-10-14(16)21-17(26)12-15-19(27)23-20-22-18(24-25(15)20)13-8-4-3-5-9-13/h3-11,15H,2,12H2,1H3,(H,21,26)(H,22,23,24,27)/t15-/m1/s1. The summed E-state index contributed by atoms with van der Waals surface area (Å²) in [5.74, 6) is 0.820. The van der Waals surface area contributed by atoms with Gasteiger partial charge in [-0.25, -0.2) is 4.68 Å². The zero-order valence-electron chi connectivity index (χ0n) is 15.3. The zero-order valence-corrected chi connectivity index (χ0v) is 15.3. The molecule has 2 heterocycles. The molecule has 0 spiro atoms. The maximum absolute atomic E-state index is 12.5. The molecule has 8 heteroatoms. The highest BCUT2D eigenvalue weighted by molar-refractivity contribution is 6.01. The van der Waals surface area contributed by atoms with Crippen molar-refractivity contribution in [1.82, 2.24) is 14.8 Å². The van der Waals surface area contributed by atoms with Gasteiger partial charge in [0.1, 0.15) is 11.8 Å². The smallest absolute Gasteiger partial charge is 0.252 e. The van der Waals surface area contributed by atoms with Gasteiger partial charge in [0, 0.05) is 5.56 Å². The van der Waals surface area contributed by atoms with E-state index < -0.39 is 6.04 Å². The van der Waals surface area contributed by atoms with Gasteiger partial charge in [-0.3, -0.25) is 14.9 Å². The van der Waals surface area contributed by atoms with Crippen LogP contribution in [0.25, 0.3) is 11.4 Å². The number of amides is 2. The molecule has 1 aromatic heterocycles. The first-order chi connectivity index (χ1) is 13.7. The number of aromatic nitrogens is 3. The monoisotopic (exact) mass is 377 g/mol. The molecule has 0 saturated heterocycles. The molecule has 4 rings (SSSR count). The van der Waals surface area contributed by atoms with E-state index in [0.29, 0.717) is 29.8 Å². The molecule has 0 unspecified atom stereocenters. The Hall–Kier alpha value is -3.68. The van der Waals surface area contributed by atoms with Crippen LogP contribution in [0, 0.1) is 0 Å². The lowest BCUT2D eigenvalue weighted by atomic mass is 10.2. The summed E-state index contributed by atoms with van der Waals surface area (Å²) >= 11 is 0. The minimum Gasteiger partial charge on any atom is -0.492 e. The Balaban J connectivity index is 1.51. The number of carbonyl (C=O) groups is 2. The molecule has 1 atom stereocenters. The maximum Gasteiger partial charge on any atom is 0.252 e. The van der Waals surface area contributed by atoms with Crippen LogP contribution in [0.1, 0.15) is 19.4 Å². The topological polar surface area (TPSA) is 98.1 Å². The number of rotatable bonds is 6. The lowest BCUT2D eigenvalue weighted by Crippen LogP contribution is -2.24. The van der Waals surface area contributed by atoms with Gasteiger partial charge in [-0.05, 0) is 19.1 Å². The molecule has 8 nitrogen and oxygen atoms in total. The van der Waals surface area contributed by atoms with E-state index in [1.54, 1.807) is 12.1 Å². The number of ether oxygens (including phenoxy) is 1. The Kier molecular flexibility index (Phi) is 4.76. The van der Waals surface area contributed by atoms with Crippen molar-refractivity contribution in [3.8, 4) is 17.1 Å². The molecule has 2 aromatic carbocycles. The van der Waals surface area contributed by atoms with Crippen molar-refractivity contribution in [2.24, 2.45) is 0 Å².